The van der Waals surface area contributed by atoms with Crippen LogP contribution in [0.25, 0.3) is 10.9 Å². The Balaban J connectivity index is 1.89. The van der Waals surface area contributed by atoms with Gasteiger partial charge in [-0.25, -0.2) is 4.98 Å². The second-order valence-electron chi connectivity index (χ2n) is 5.23. The lowest BCUT2D eigenvalue weighted by molar-refractivity contribution is 1.04. The molecular weight excluding hydrogens is 316 g/mol. The van der Waals surface area contributed by atoms with Crippen LogP contribution in [0.3, 0.4) is 0 Å². The van der Waals surface area contributed by atoms with Gasteiger partial charge >= 0.3 is 0 Å². The van der Waals surface area contributed by atoms with Crippen molar-refractivity contribution in [2.45, 2.75) is 24.5 Å². The Hall–Kier alpha value is -1.78. The minimum atomic E-state index is -0.127. The molecule has 3 aromatic rings. The van der Waals surface area contributed by atoms with Gasteiger partial charge in [0.25, 0.3) is 5.56 Å². The van der Waals surface area contributed by atoms with Crippen LogP contribution in [0.4, 0.5) is 0 Å². The fraction of sp³-hybridized carbons (Fsp3) is 0.176. The van der Waals surface area contributed by atoms with Crippen LogP contribution in [0.1, 0.15) is 17.0 Å². The Bertz CT molecular complexity index is 905. The molecule has 0 radical (unpaired) electrons. The van der Waals surface area contributed by atoms with Crippen molar-refractivity contribution in [2.24, 2.45) is 0 Å². The molecule has 0 bridgehead atoms. The molecule has 2 aromatic carbocycles. The van der Waals surface area contributed by atoms with E-state index in [9.17, 15) is 4.79 Å². The topological polar surface area (TPSA) is 45.8 Å². The van der Waals surface area contributed by atoms with Gasteiger partial charge in [0.05, 0.1) is 16.7 Å². The third-order valence-electron chi connectivity index (χ3n) is 3.41. The average Bonchev–Trinajstić information content (AvgIpc) is 2.46. The normalized spacial score (nSPS) is 11.0. The average molecular weight is 331 g/mol. The number of fused-ring (bicyclic) bond motifs is 1. The van der Waals surface area contributed by atoms with Crippen molar-refractivity contribution in [1.29, 1.82) is 0 Å². The summed E-state index contributed by atoms with van der Waals surface area (Å²) in [5.41, 5.74) is 2.98. The van der Waals surface area contributed by atoms with Crippen molar-refractivity contribution in [3.05, 3.63) is 68.7 Å². The second kappa shape index (κ2) is 6.15. The van der Waals surface area contributed by atoms with E-state index >= 15 is 0 Å². The number of H-pyrrole nitrogens is 1. The highest BCUT2D eigenvalue weighted by molar-refractivity contribution is 7.98. The number of nitrogens with one attached hydrogen (secondary N) is 1. The molecule has 1 N–H and O–H groups in total. The van der Waals surface area contributed by atoms with Crippen molar-refractivity contribution < 1.29 is 0 Å². The zero-order valence-corrected chi connectivity index (χ0v) is 13.9. The summed E-state index contributed by atoms with van der Waals surface area (Å²) in [5, 5.41) is 1.14. The van der Waals surface area contributed by atoms with E-state index in [1.54, 1.807) is 30.0 Å². The predicted octanol–water partition coefficient (Wildman–Crippen LogP) is 4.49. The van der Waals surface area contributed by atoms with Crippen LogP contribution in [0.2, 0.25) is 5.02 Å². The molecule has 0 aliphatic carbocycles. The number of hydrogen-bond donors (Lipinski definition) is 1. The Morgan fingerprint density at radius 2 is 2.00 bits per heavy atom. The van der Waals surface area contributed by atoms with Crippen molar-refractivity contribution in [3.63, 3.8) is 0 Å². The molecule has 0 saturated heterocycles. The van der Waals surface area contributed by atoms with Gasteiger partial charge in [-0.2, -0.15) is 0 Å². The number of nitrogens with zero attached hydrogens (tertiary/aromatic N) is 1. The first-order chi connectivity index (χ1) is 10.5. The molecule has 5 heteroatoms. The predicted molar refractivity (Wildman–Crippen MR) is 92.9 cm³/mol. The monoisotopic (exact) mass is 330 g/mol. The summed E-state index contributed by atoms with van der Waals surface area (Å²) >= 11 is 7.64. The number of aromatic nitrogens is 2. The van der Waals surface area contributed by atoms with E-state index in [-0.39, 0.29) is 5.56 Å². The fourth-order valence-corrected chi connectivity index (χ4v) is 3.38. The van der Waals surface area contributed by atoms with Gasteiger partial charge in [0.15, 0.2) is 0 Å². The van der Waals surface area contributed by atoms with Gasteiger partial charge in [-0.3, -0.25) is 4.79 Å². The molecule has 0 amide bonds. The van der Waals surface area contributed by atoms with Gasteiger partial charge in [0.2, 0.25) is 0 Å². The first-order valence-electron chi connectivity index (χ1n) is 6.91. The number of thioether (sulfide) groups is 1. The summed E-state index contributed by atoms with van der Waals surface area (Å²) in [6.45, 7) is 4.17. The van der Waals surface area contributed by atoms with E-state index in [0.29, 0.717) is 27.5 Å². The maximum atomic E-state index is 12.1. The van der Waals surface area contributed by atoms with E-state index < -0.39 is 0 Å². The summed E-state index contributed by atoms with van der Waals surface area (Å²) in [7, 11) is 0. The number of benzene rings is 2. The lowest BCUT2D eigenvalue weighted by atomic mass is 10.2. The lowest BCUT2D eigenvalue weighted by Crippen LogP contribution is -2.11. The summed E-state index contributed by atoms with van der Waals surface area (Å²) < 4.78 is 0. The Morgan fingerprint density at radius 3 is 2.77 bits per heavy atom. The van der Waals surface area contributed by atoms with Crippen LogP contribution < -0.4 is 5.56 Å². The third kappa shape index (κ3) is 3.18. The number of aromatic amines is 1. The second-order valence-corrected chi connectivity index (χ2v) is 6.69. The first kappa shape index (κ1) is 15.1. The summed E-state index contributed by atoms with van der Waals surface area (Å²) in [6, 6.07) is 11.5. The molecule has 112 valence electrons. The van der Waals surface area contributed by atoms with Crippen molar-refractivity contribution >= 4 is 34.3 Å². The number of rotatable bonds is 3. The Labute approximate surface area is 137 Å². The van der Waals surface area contributed by atoms with Gasteiger partial charge < -0.3 is 4.98 Å². The summed E-state index contributed by atoms with van der Waals surface area (Å²) in [6.07, 6.45) is 0. The molecule has 0 aliphatic rings. The third-order valence-corrected chi connectivity index (χ3v) is 4.83. The van der Waals surface area contributed by atoms with Gasteiger partial charge in [-0.15, -0.1) is 11.8 Å². The molecule has 0 atom stereocenters. The Kier molecular flexibility index (Phi) is 4.23. The largest absolute Gasteiger partial charge is 0.309 e. The number of aryl methyl sites for hydroxylation is 2. The highest BCUT2D eigenvalue weighted by atomic mass is 35.5. The lowest BCUT2D eigenvalue weighted by Gasteiger charge is -2.07. The van der Waals surface area contributed by atoms with E-state index in [1.807, 2.05) is 0 Å². The zero-order valence-electron chi connectivity index (χ0n) is 12.3. The standard InChI is InChI=1S/C17H15ClN2OS/c1-10-3-6-15(11(2)7-10)22-9-16-19-14-8-12(18)4-5-13(14)17(21)20-16/h3-8H,9H2,1-2H3,(H,19,20,21). The SMILES string of the molecule is Cc1ccc(SCc2nc3cc(Cl)ccc3c(=O)[nH]2)c(C)c1. The molecule has 3 rings (SSSR count). The van der Waals surface area contributed by atoms with Gasteiger partial charge in [-0.1, -0.05) is 29.3 Å². The molecule has 1 aromatic heterocycles. The molecule has 22 heavy (non-hydrogen) atoms. The molecule has 0 fully saturated rings. The number of hydrogen-bond acceptors (Lipinski definition) is 3. The first-order valence-corrected chi connectivity index (χ1v) is 8.28. The quantitative estimate of drug-likeness (QED) is 0.720. The van der Waals surface area contributed by atoms with Crippen LogP contribution in [0.5, 0.6) is 0 Å². The van der Waals surface area contributed by atoms with Gasteiger partial charge in [0, 0.05) is 9.92 Å². The Morgan fingerprint density at radius 1 is 1.18 bits per heavy atom. The molecule has 1 heterocycles. The molecule has 0 saturated carbocycles. The van der Waals surface area contributed by atoms with Crippen molar-refractivity contribution in [3.8, 4) is 0 Å². The maximum absolute atomic E-state index is 12.1. The van der Waals surface area contributed by atoms with E-state index in [1.165, 1.54) is 16.0 Å². The zero-order chi connectivity index (χ0) is 15.7. The highest BCUT2D eigenvalue weighted by Crippen LogP contribution is 2.26. The molecule has 0 aliphatic heterocycles. The van der Waals surface area contributed by atoms with E-state index in [0.717, 1.165) is 0 Å². The summed E-state index contributed by atoms with van der Waals surface area (Å²) in [4.78, 5) is 20.6. The van der Waals surface area contributed by atoms with Gasteiger partial charge in [-0.05, 0) is 43.7 Å². The van der Waals surface area contributed by atoms with E-state index in [2.05, 4.69) is 42.0 Å². The minimum Gasteiger partial charge on any atom is -0.309 e. The van der Waals surface area contributed by atoms with Crippen LogP contribution in [0.15, 0.2) is 46.1 Å². The van der Waals surface area contributed by atoms with E-state index in [4.69, 9.17) is 11.6 Å². The van der Waals surface area contributed by atoms with Crippen LogP contribution >= 0.6 is 23.4 Å². The van der Waals surface area contributed by atoms with Crippen molar-refractivity contribution in [2.75, 3.05) is 0 Å². The fourth-order valence-electron chi connectivity index (χ4n) is 2.34. The molecule has 0 spiro atoms. The molecule has 0 unspecified atom stereocenters. The number of halogens is 1. The molecular formula is C17H15ClN2OS. The molecule has 3 nitrogen and oxygen atoms in total. The van der Waals surface area contributed by atoms with Gasteiger partial charge in [0.1, 0.15) is 5.82 Å². The van der Waals surface area contributed by atoms with Crippen LogP contribution in [0, 0.1) is 13.8 Å². The van der Waals surface area contributed by atoms with Crippen LogP contribution in [-0.2, 0) is 5.75 Å². The summed E-state index contributed by atoms with van der Waals surface area (Å²) in [5.74, 6) is 1.27. The van der Waals surface area contributed by atoms with Crippen LogP contribution in [-0.4, -0.2) is 9.97 Å². The highest BCUT2D eigenvalue weighted by Gasteiger charge is 2.06. The minimum absolute atomic E-state index is 0.127. The maximum Gasteiger partial charge on any atom is 0.258 e. The smallest absolute Gasteiger partial charge is 0.258 e. The van der Waals surface area contributed by atoms with Crippen molar-refractivity contribution in [1.82, 2.24) is 9.97 Å².